The van der Waals surface area contributed by atoms with E-state index in [4.69, 9.17) is 4.42 Å². The van der Waals surface area contributed by atoms with Gasteiger partial charge in [0.15, 0.2) is 0 Å². The second-order valence-electron chi connectivity index (χ2n) is 5.27. The molecule has 1 heterocycles. The number of carboxylic acid groups (broad SMARTS) is 1. The van der Waals surface area contributed by atoms with Crippen LogP contribution in [-0.2, 0) is 11.3 Å². The summed E-state index contributed by atoms with van der Waals surface area (Å²) < 4.78 is 5.21. The van der Waals surface area contributed by atoms with E-state index in [-0.39, 0.29) is 0 Å². The molecule has 0 spiro atoms. The summed E-state index contributed by atoms with van der Waals surface area (Å²) in [5.41, 5.74) is 1.91. The predicted octanol–water partition coefficient (Wildman–Crippen LogP) is 2.40. The van der Waals surface area contributed by atoms with Crippen molar-refractivity contribution in [2.24, 2.45) is 0 Å². The Balaban J connectivity index is 2.42. The third-order valence-electron chi connectivity index (χ3n) is 3.61. The van der Waals surface area contributed by atoms with E-state index in [0.29, 0.717) is 18.5 Å². The van der Waals surface area contributed by atoms with E-state index >= 15 is 0 Å². The van der Waals surface area contributed by atoms with E-state index in [2.05, 4.69) is 0 Å². The van der Waals surface area contributed by atoms with Gasteiger partial charge in [-0.15, -0.1) is 0 Å². The van der Waals surface area contributed by atoms with Gasteiger partial charge in [-0.2, -0.15) is 0 Å². The minimum Gasteiger partial charge on any atom is -0.480 e. The second kappa shape index (κ2) is 6.10. The van der Waals surface area contributed by atoms with E-state index in [9.17, 15) is 14.7 Å². The summed E-state index contributed by atoms with van der Waals surface area (Å²) in [6, 6.07) is 6.52. The van der Waals surface area contributed by atoms with Gasteiger partial charge in [0.25, 0.3) is 0 Å². The molecule has 1 N–H and O–H groups in total. The topological polar surface area (TPSA) is 70.8 Å². The van der Waals surface area contributed by atoms with Crippen molar-refractivity contribution in [3.05, 3.63) is 45.8 Å². The zero-order valence-corrected chi connectivity index (χ0v) is 12.4. The smallest absolute Gasteiger partial charge is 0.336 e. The average molecular weight is 289 g/mol. The zero-order chi connectivity index (χ0) is 15.6. The third-order valence-corrected chi connectivity index (χ3v) is 3.61. The minimum atomic E-state index is -0.858. The van der Waals surface area contributed by atoms with Crippen LogP contribution in [0.5, 0.6) is 0 Å². The van der Waals surface area contributed by atoms with Crippen LogP contribution in [-0.4, -0.2) is 29.1 Å². The molecule has 21 heavy (non-hydrogen) atoms. The van der Waals surface area contributed by atoms with Gasteiger partial charge in [-0.1, -0.05) is 19.1 Å². The van der Waals surface area contributed by atoms with Crippen molar-refractivity contribution in [3.63, 3.8) is 0 Å². The molecule has 1 aromatic carbocycles. The van der Waals surface area contributed by atoms with Gasteiger partial charge in [0, 0.05) is 18.0 Å². The third kappa shape index (κ3) is 3.31. The summed E-state index contributed by atoms with van der Waals surface area (Å²) >= 11 is 0. The van der Waals surface area contributed by atoms with Gasteiger partial charge >= 0.3 is 11.6 Å². The lowest BCUT2D eigenvalue weighted by molar-refractivity contribution is -0.143. The summed E-state index contributed by atoms with van der Waals surface area (Å²) in [5.74, 6) is -0.858. The largest absolute Gasteiger partial charge is 0.480 e. The van der Waals surface area contributed by atoms with Crippen LogP contribution in [0, 0.1) is 6.92 Å². The highest BCUT2D eigenvalue weighted by Crippen LogP contribution is 2.20. The maximum Gasteiger partial charge on any atom is 0.336 e. The zero-order valence-electron chi connectivity index (χ0n) is 12.4. The van der Waals surface area contributed by atoms with E-state index < -0.39 is 17.6 Å². The lowest BCUT2D eigenvalue weighted by Gasteiger charge is -2.23. The molecular formula is C16H19NO4. The molecule has 112 valence electrons. The Kier molecular flexibility index (Phi) is 4.43. The Morgan fingerprint density at radius 3 is 2.71 bits per heavy atom. The number of benzene rings is 1. The molecule has 0 fully saturated rings. The van der Waals surface area contributed by atoms with Crippen molar-refractivity contribution >= 4 is 16.9 Å². The van der Waals surface area contributed by atoms with Gasteiger partial charge in [-0.05, 0) is 37.6 Å². The van der Waals surface area contributed by atoms with Crippen LogP contribution in [0.15, 0.2) is 33.5 Å². The summed E-state index contributed by atoms with van der Waals surface area (Å²) in [6.07, 6.45) is 0.504. The fourth-order valence-electron chi connectivity index (χ4n) is 2.52. The van der Waals surface area contributed by atoms with E-state index in [1.54, 1.807) is 11.9 Å². The Bertz CT molecular complexity index is 720. The first-order valence-corrected chi connectivity index (χ1v) is 6.88. The van der Waals surface area contributed by atoms with Crippen LogP contribution in [0.4, 0.5) is 0 Å². The molecule has 0 radical (unpaired) electrons. The molecule has 1 atom stereocenters. The van der Waals surface area contributed by atoms with Crippen LogP contribution in [0.1, 0.15) is 24.5 Å². The fourth-order valence-corrected chi connectivity index (χ4v) is 2.52. The highest BCUT2D eigenvalue weighted by atomic mass is 16.4. The number of rotatable bonds is 5. The van der Waals surface area contributed by atoms with E-state index in [0.717, 1.165) is 16.5 Å². The van der Waals surface area contributed by atoms with Crippen LogP contribution in [0.2, 0.25) is 0 Å². The van der Waals surface area contributed by atoms with E-state index in [1.165, 1.54) is 6.07 Å². The Morgan fingerprint density at radius 1 is 1.38 bits per heavy atom. The highest BCUT2D eigenvalue weighted by Gasteiger charge is 2.21. The molecule has 0 aliphatic rings. The molecule has 1 unspecified atom stereocenters. The average Bonchev–Trinajstić information content (AvgIpc) is 2.37. The molecule has 1 aromatic heterocycles. The summed E-state index contributed by atoms with van der Waals surface area (Å²) in [6.45, 7) is 4.14. The van der Waals surface area contributed by atoms with Crippen LogP contribution in [0.25, 0.3) is 11.0 Å². The van der Waals surface area contributed by atoms with Crippen molar-refractivity contribution in [2.45, 2.75) is 32.9 Å². The lowest BCUT2D eigenvalue weighted by Crippen LogP contribution is -2.37. The monoisotopic (exact) mass is 289 g/mol. The van der Waals surface area contributed by atoms with Crippen molar-refractivity contribution in [1.29, 1.82) is 0 Å². The molecule has 0 bridgehead atoms. The molecular weight excluding hydrogens is 270 g/mol. The number of aliphatic carboxylic acids is 1. The van der Waals surface area contributed by atoms with Gasteiger partial charge in [-0.25, -0.2) is 4.79 Å². The van der Waals surface area contributed by atoms with Gasteiger partial charge in [0.1, 0.15) is 11.6 Å². The minimum absolute atomic E-state index is 0.385. The molecule has 2 rings (SSSR count). The quantitative estimate of drug-likeness (QED) is 0.856. The lowest BCUT2D eigenvalue weighted by atomic mass is 10.1. The number of nitrogens with zero attached hydrogens (tertiary/aromatic N) is 1. The van der Waals surface area contributed by atoms with E-state index in [1.807, 2.05) is 32.0 Å². The summed E-state index contributed by atoms with van der Waals surface area (Å²) in [4.78, 5) is 24.6. The van der Waals surface area contributed by atoms with Gasteiger partial charge in [-0.3, -0.25) is 9.69 Å². The number of carbonyl (C=O) groups is 1. The fraction of sp³-hybridized carbons (Fsp3) is 0.375. The first-order valence-electron chi connectivity index (χ1n) is 6.88. The number of hydrogen-bond donors (Lipinski definition) is 1. The standard InChI is InChI=1S/C16H19NO4/c1-4-13(16(19)20)17(3)9-11-8-15(18)21-14-7-10(2)5-6-12(11)14/h5-8,13H,4,9H2,1-3H3,(H,19,20). The Morgan fingerprint density at radius 2 is 2.10 bits per heavy atom. The molecule has 0 saturated heterocycles. The Labute approximate surface area is 122 Å². The predicted molar refractivity (Wildman–Crippen MR) is 80.4 cm³/mol. The molecule has 0 aliphatic heterocycles. The summed E-state index contributed by atoms with van der Waals surface area (Å²) in [7, 11) is 1.75. The van der Waals surface area contributed by atoms with Crippen LogP contribution < -0.4 is 5.63 Å². The summed E-state index contributed by atoms with van der Waals surface area (Å²) in [5, 5.41) is 10.0. The number of hydrogen-bond acceptors (Lipinski definition) is 4. The first-order chi connectivity index (χ1) is 9.92. The van der Waals surface area contributed by atoms with Crippen molar-refractivity contribution < 1.29 is 14.3 Å². The van der Waals surface area contributed by atoms with Gasteiger partial charge < -0.3 is 9.52 Å². The SMILES string of the molecule is CCC(C(=O)O)N(C)Cc1cc(=O)oc2cc(C)ccc12. The van der Waals surface area contributed by atoms with Gasteiger partial charge in [0.2, 0.25) is 0 Å². The molecule has 2 aromatic rings. The maximum atomic E-state index is 11.7. The van der Waals surface area contributed by atoms with Gasteiger partial charge in [0.05, 0.1) is 0 Å². The molecule has 5 heteroatoms. The number of aryl methyl sites for hydroxylation is 1. The van der Waals surface area contributed by atoms with Crippen molar-refractivity contribution in [3.8, 4) is 0 Å². The number of fused-ring (bicyclic) bond motifs is 1. The van der Waals surface area contributed by atoms with Crippen LogP contribution >= 0.6 is 0 Å². The molecule has 0 saturated carbocycles. The van der Waals surface area contributed by atoms with Crippen molar-refractivity contribution in [2.75, 3.05) is 7.05 Å². The number of carboxylic acids is 1. The maximum absolute atomic E-state index is 11.7. The molecule has 0 amide bonds. The normalized spacial score (nSPS) is 12.8. The van der Waals surface area contributed by atoms with Crippen LogP contribution in [0.3, 0.4) is 0 Å². The molecule has 5 nitrogen and oxygen atoms in total. The second-order valence-corrected chi connectivity index (χ2v) is 5.27. The first kappa shape index (κ1) is 15.3. The Hall–Kier alpha value is -2.14. The highest BCUT2D eigenvalue weighted by molar-refractivity contribution is 5.81. The van der Waals surface area contributed by atoms with Crippen molar-refractivity contribution in [1.82, 2.24) is 4.90 Å². The number of likely N-dealkylation sites (N-methyl/N-ethyl adjacent to an activating group) is 1. The molecule has 0 aliphatic carbocycles.